The average Bonchev–Trinajstić information content (AvgIpc) is 2.95. The van der Waals surface area contributed by atoms with Gasteiger partial charge < -0.3 is 9.73 Å². The van der Waals surface area contributed by atoms with Gasteiger partial charge >= 0.3 is 0 Å². The van der Waals surface area contributed by atoms with E-state index in [1.165, 1.54) is 0 Å². The minimum Gasteiger partial charge on any atom is -0.459 e. The van der Waals surface area contributed by atoms with Crippen molar-refractivity contribution in [3.63, 3.8) is 0 Å². The van der Waals surface area contributed by atoms with E-state index in [-0.39, 0.29) is 0 Å². The molecule has 0 saturated carbocycles. The molecule has 1 heterocycles. The summed E-state index contributed by atoms with van der Waals surface area (Å²) in [4.78, 5) is 0. The zero-order valence-corrected chi connectivity index (χ0v) is 11.6. The molecule has 0 aliphatic heterocycles. The van der Waals surface area contributed by atoms with Crippen molar-refractivity contribution in [3.8, 4) is 11.3 Å². The molecule has 2 nitrogen and oxygen atoms in total. The second-order valence-corrected chi connectivity index (χ2v) is 4.93. The Morgan fingerprint density at radius 1 is 0.900 bits per heavy atom. The van der Waals surface area contributed by atoms with Gasteiger partial charge in [0.2, 0.25) is 0 Å². The summed E-state index contributed by atoms with van der Waals surface area (Å²) < 4.78 is 5.83. The highest BCUT2D eigenvalue weighted by molar-refractivity contribution is 6.30. The average molecular weight is 284 g/mol. The van der Waals surface area contributed by atoms with Crippen LogP contribution in [0.15, 0.2) is 71.1 Å². The van der Waals surface area contributed by atoms with E-state index in [4.69, 9.17) is 16.0 Å². The number of hydrogen-bond acceptors (Lipinski definition) is 2. The van der Waals surface area contributed by atoms with Crippen LogP contribution < -0.4 is 5.32 Å². The van der Waals surface area contributed by atoms with Crippen LogP contribution in [0, 0.1) is 0 Å². The van der Waals surface area contributed by atoms with Crippen LogP contribution in [0.25, 0.3) is 11.3 Å². The van der Waals surface area contributed by atoms with Crippen molar-refractivity contribution in [1.29, 1.82) is 0 Å². The summed E-state index contributed by atoms with van der Waals surface area (Å²) in [6, 6.07) is 21.7. The van der Waals surface area contributed by atoms with Gasteiger partial charge in [0.15, 0.2) is 0 Å². The fraction of sp³-hybridized carbons (Fsp3) is 0.0588. The lowest BCUT2D eigenvalue weighted by atomic mass is 10.2. The number of benzene rings is 2. The lowest BCUT2D eigenvalue weighted by Gasteiger charge is -2.03. The number of furan rings is 1. The first-order valence-corrected chi connectivity index (χ1v) is 6.83. The fourth-order valence-electron chi connectivity index (χ4n) is 2.01. The highest BCUT2D eigenvalue weighted by Crippen LogP contribution is 2.25. The van der Waals surface area contributed by atoms with E-state index >= 15 is 0 Å². The maximum atomic E-state index is 5.99. The van der Waals surface area contributed by atoms with Gasteiger partial charge in [0, 0.05) is 16.3 Å². The maximum absolute atomic E-state index is 5.99. The van der Waals surface area contributed by atoms with Gasteiger partial charge in [0.05, 0.1) is 6.54 Å². The standard InChI is InChI=1S/C17H14ClNO/c18-14-6-4-5-13(11-14)17-10-9-16(20-17)12-19-15-7-2-1-3-8-15/h1-11,19H,12H2. The Morgan fingerprint density at radius 2 is 1.75 bits per heavy atom. The maximum Gasteiger partial charge on any atom is 0.134 e. The van der Waals surface area contributed by atoms with Gasteiger partial charge in [-0.3, -0.25) is 0 Å². The molecule has 0 aliphatic rings. The first-order chi connectivity index (χ1) is 9.81. The Labute approximate surface area is 123 Å². The van der Waals surface area contributed by atoms with Gasteiger partial charge in [-0.2, -0.15) is 0 Å². The molecule has 2 aromatic carbocycles. The molecule has 1 N–H and O–H groups in total. The Hall–Kier alpha value is -2.19. The predicted octanol–water partition coefficient (Wildman–Crippen LogP) is 5.21. The minimum atomic E-state index is 0.657. The van der Waals surface area contributed by atoms with Crippen LogP contribution in [0.5, 0.6) is 0 Å². The first-order valence-electron chi connectivity index (χ1n) is 6.45. The summed E-state index contributed by atoms with van der Waals surface area (Å²) in [5.74, 6) is 1.72. The van der Waals surface area contributed by atoms with Crippen LogP contribution in [0.2, 0.25) is 5.02 Å². The molecule has 0 amide bonds. The zero-order valence-electron chi connectivity index (χ0n) is 10.8. The molecule has 0 atom stereocenters. The van der Waals surface area contributed by atoms with E-state index in [0.717, 1.165) is 22.8 Å². The second kappa shape index (κ2) is 5.85. The van der Waals surface area contributed by atoms with Gasteiger partial charge in [0.1, 0.15) is 11.5 Å². The molecule has 0 fully saturated rings. The molecule has 100 valence electrons. The second-order valence-electron chi connectivity index (χ2n) is 4.50. The van der Waals surface area contributed by atoms with Crippen LogP contribution in [0.3, 0.4) is 0 Å². The molecular weight excluding hydrogens is 270 g/mol. The molecule has 0 aliphatic carbocycles. The van der Waals surface area contributed by atoms with E-state index in [9.17, 15) is 0 Å². The molecule has 0 saturated heterocycles. The third-order valence-electron chi connectivity index (χ3n) is 3.01. The third kappa shape index (κ3) is 3.03. The fourth-order valence-corrected chi connectivity index (χ4v) is 2.21. The van der Waals surface area contributed by atoms with E-state index < -0.39 is 0 Å². The van der Waals surface area contributed by atoms with Crippen LogP contribution in [0.4, 0.5) is 5.69 Å². The highest BCUT2D eigenvalue weighted by atomic mass is 35.5. The summed E-state index contributed by atoms with van der Waals surface area (Å²) in [6.07, 6.45) is 0. The van der Waals surface area contributed by atoms with Crippen molar-refractivity contribution in [1.82, 2.24) is 0 Å². The predicted molar refractivity (Wildman–Crippen MR) is 82.9 cm³/mol. The first kappa shape index (κ1) is 12.8. The lowest BCUT2D eigenvalue weighted by molar-refractivity contribution is 0.531. The Morgan fingerprint density at radius 3 is 2.55 bits per heavy atom. The molecule has 3 rings (SSSR count). The quantitative estimate of drug-likeness (QED) is 0.711. The highest BCUT2D eigenvalue weighted by Gasteiger charge is 2.05. The van der Waals surface area contributed by atoms with Gasteiger partial charge in [-0.05, 0) is 36.4 Å². The van der Waals surface area contributed by atoms with E-state index in [0.29, 0.717) is 11.6 Å². The number of nitrogens with one attached hydrogen (secondary N) is 1. The largest absolute Gasteiger partial charge is 0.459 e. The molecule has 0 radical (unpaired) electrons. The van der Waals surface area contributed by atoms with Crippen molar-refractivity contribution in [2.75, 3.05) is 5.32 Å². The lowest BCUT2D eigenvalue weighted by Crippen LogP contribution is -1.97. The number of para-hydroxylation sites is 1. The summed E-state index contributed by atoms with van der Waals surface area (Å²) in [5, 5.41) is 4.03. The Kier molecular flexibility index (Phi) is 3.75. The SMILES string of the molecule is Clc1cccc(-c2ccc(CNc3ccccc3)o2)c1. The molecule has 3 aromatic rings. The summed E-state index contributed by atoms with van der Waals surface area (Å²) >= 11 is 5.99. The van der Waals surface area contributed by atoms with Crippen molar-refractivity contribution in [2.45, 2.75) is 6.54 Å². The number of hydrogen-bond donors (Lipinski definition) is 1. The van der Waals surface area contributed by atoms with Gasteiger partial charge in [0.25, 0.3) is 0 Å². The molecule has 1 aromatic heterocycles. The molecule has 0 spiro atoms. The summed E-state index contributed by atoms with van der Waals surface area (Å²) in [6.45, 7) is 0.657. The Bertz CT molecular complexity index is 691. The minimum absolute atomic E-state index is 0.657. The zero-order chi connectivity index (χ0) is 13.8. The number of rotatable bonds is 4. The van der Waals surface area contributed by atoms with Gasteiger partial charge in [-0.1, -0.05) is 41.9 Å². The summed E-state index contributed by atoms with van der Waals surface area (Å²) in [5.41, 5.74) is 2.07. The van der Waals surface area contributed by atoms with E-state index in [1.807, 2.05) is 66.7 Å². The number of anilines is 1. The van der Waals surface area contributed by atoms with Crippen LogP contribution in [-0.2, 0) is 6.54 Å². The molecule has 0 unspecified atom stereocenters. The molecule has 3 heteroatoms. The van der Waals surface area contributed by atoms with E-state index in [1.54, 1.807) is 0 Å². The molecular formula is C17H14ClNO. The van der Waals surface area contributed by atoms with Crippen LogP contribution >= 0.6 is 11.6 Å². The van der Waals surface area contributed by atoms with Crippen molar-refractivity contribution < 1.29 is 4.42 Å². The van der Waals surface area contributed by atoms with Crippen LogP contribution in [-0.4, -0.2) is 0 Å². The number of halogens is 1. The normalized spacial score (nSPS) is 10.4. The van der Waals surface area contributed by atoms with E-state index in [2.05, 4.69) is 5.32 Å². The Balaban J connectivity index is 1.71. The van der Waals surface area contributed by atoms with Crippen molar-refractivity contribution in [3.05, 3.63) is 77.5 Å². The third-order valence-corrected chi connectivity index (χ3v) is 3.25. The van der Waals surface area contributed by atoms with Crippen LogP contribution in [0.1, 0.15) is 5.76 Å². The molecule has 0 bridgehead atoms. The van der Waals surface area contributed by atoms with Gasteiger partial charge in [-0.15, -0.1) is 0 Å². The topological polar surface area (TPSA) is 25.2 Å². The smallest absolute Gasteiger partial charge is 0.134 e. The van der Waals surface area contributed by atoms with Gasteiger partial charge in [-0.25, -0.2) is 0 Å². The van der Waals surface area contributed by atoms with Crippen molar-refractivity contribution >= 4 is 17.3 Å². The molecule has 20 heavy (non-hydrogen) atoms. The van der Waals surface area contributed by atoms with Crippen molar-refractivity contribution in [2.24, 2.45) is 0 Å². The monoisotopic (exact) mass is 283 g/mol. The summed E-state index contributed by atoms with van der Waals surface area (Å²) in [7, 11) is 0.